The topological polar surface area (TPSA) is 101 Å². The number of urea groups is 1. The summed E-state index contributed by atoms with van der Waals surface area (Å²) in [5, 5.41) is 9.71. The number of rotatable bonds is 5. The van der Waals surface area contributed by atoms with Gasteiger partial charge in [-0.25, -0.2) is 14.8 Å². The van der Waals surface area contributed by atoms with Crippen LogP contribution in [0.25, 0.3) is 11.0 Å². The van der Waals surface area contributed by atoms with E-state index >= 15 is 0 Å². The number of hydrogen-bond donors (Lipinski definition) is 3. The molecule has 0 saturated heterocycles. The first kappa shape index (κ1) is 15.0. The third kappa shape index (κ3) is 3.65. The average molecular weight is 313 g/mol. The van der Waals surface area contributed by atoms with Gasteiger partial charge in [-0.1, -0.05) is 6.92 Å². The summed E-state index contributed by atoms with van der Waals surface area (Å²) in [6, 6.07) is 5.28. The number of fused-ring (bicyclic) bond motifs is 1. The highest BCUT2D eigenvalue weighted by Gasteiger charge is 2.09. The molecular formula is C15H19N7O. The zero-order valence-corrected chi connectivity index (χ0v) is 13.1. The standard InChI is InChI=1S/C15H19N7O/c1-3-14-20-12-5-4-11(6-13(12)21-14)19-15(23)18-10(2)7-22-9-16-8-17-22/h4-6,8-10H,3,7H2,1-2H3,(H,20,21)(H2,18,19,23)/t10-/m0/s1. The fraction of sp³-hybridized carbons (Fsp3) is 0.333. The molecule has 0 aliphatic rings. The van der Waals surface area contributed by atoms with Gasteiger partial charge in [-0.15, -0.1) is 0 Å². The van der Waals surface area contributed by atoms with Crippen LogP contribution in [0.5, 0.6) is 0 Å². The molecule has 23 heavy (non-hydrogen) atoms. The fourth-order valence-corrected chi connectivity index (χ4v) is 2.35. The van der Waals surface area contributed by atoms with E-state index in [9.17, 15) is 4.79 Å². The number of carbonyl (C=O) groups excluding carboxylic acids is 1. The number of amides is 2. The Kier molecular flexibility index (Phi) is 4.22. The predicted molar refractivity (Wildman–Crippen MR) is 87.1 cm³/mol. The predicted octanol–water partition coefficient (Wildman–Crippen LogP) is 1.93. The van der Waals surface area contributed by atoms with Crippen LogP contribution in [-0.2, 0) is 13.0 Å². The van der Waals surface area contributed by atoms with Crippen molar-refractivity contribution in [2.45, 2.75) is 32.9 Å². The summed E-state index contributed by atoms with van der Waals surface area (Å²) in [4.78, 5) is 23.6. The number of aromatic amines is 1. The molecule has 2 heterocycles. The summed E-state index contributed by atoms with van der Waals surface area (Å²) in [5.74, 6) is 0.933. The lowest BCUT2D eigenvalue weighted by atomic mass is 10.3. The maximum absolute atomic E-state index is 12.1. The van der Waals surface area contributed by atoms with Gasteiger partial charge in [0, 0.05) is 18.2 Å². The van der Waals surface area contributed by atoms with Crippen molar-refractivity contribution < 1.29 is 4.79 Å². The molecule has 120 valence electrons. The second-order valence-corrected chi connectivity index (χ2v) is 5.39. The molecule has 0 fully saturated rings. The molecule has 8 heteroatoms. The largest absolute Gasteiger partial charge is 0.342 e. The van der Waals surface area contributed by atoms with E-state index in [2.05, 4.69) is 30.7 Å². The van der Waals surface area contributed by atoms with Crippen LogP contribution in [0, 0.1) is 0 Å². The molecule has 2 amide bonds. The second kappa shape index (κ2) is 6.47. The minimum atomic E-state index is -0.257. The van der Waals surface area contributed by atoms with Gasteiger partial charge in [-0.3, -0.25) is 4.68 Å². The van der Waals surface area contributed by atoms with E-state index in [1.165, 1.54) is 6.33 Å². The Morgan fingerprint density at radius 3 is 3.04 bits per heavy atom. The van der Waals surface area contributed by atoms with Gasteiger partial charge in [-0.05, 0) is 25.1 Å². The van der Waals surface area contributed by atoms with E-state index in [1.807, 2.05) is 32.0 Å². The summed E-state index contributed by atoms with van der Waals surface area (Å²) >= 11 is 0. The molecule has 0 unspecified atom stereocenters. The van der Waals surface area contributed by atoms with Crippen LogP contribution in [0.4, 0.5) is 10.5 Å². The molecule has 1 aromatic carbocycles. The molecule has 3 rings (SSSR count). The van der Waals surface area contributed by atoms with Crippen molar-refractivity contribution in [3.8, 4) is 0 Å². The number of nitrogens with zero attached hydrogens (tertiary/aromatic N) is 4. The highest BCUT2D eigenvalue weighted by Crippen LogP contribution is 2.17. The molecule has 3 aromatic rings. The van der Waals surface area contributed by atoms with Crippen molar-refractivity contribution in [3.05, 3.63) is 36.7 Å². The van der Waals surface area contributed by atoms with Crippen LogP contribution in [0.15, 0.2) is 30.9 Å². The molecule has 3 N–H and O–H groups in total. The number of aryl methyl sites for hydroxylation is 1. The second-order valence-electron chi connectivity index (χ2n) is 5.39. The molecule has 8 nitrogen and oxygen atoms in total. The summed E-state index contributed by atoms with van der Waals surface area (Å²) < 4.78 is 1.67. The highest BCUT2D eigenvalue weighted by molar-refractivity contribution is 5.92. The number of carbonyl (C=O) groups is 1. The molecule has 0 saturated carbocycles. The van der Waals surface area contributed by atoms with Crippen molar-refractivity contribution in [2.24, 2.45) is 0 Å². The molecule has 2 aromatic heterocycles. The first-order valence-corrected chi connectivity index (χ1v) is 7.52. The van der Waals surface area contributed by atoms with Crippen LogP contribution in [0.1, 0.15) is 19.7 Å². The van der Waals surface area contributed by atoms with Gasteiger partial charge in [0.1, 0.15) is 18.5 Å². The van der Waals surface area contributed by atoms with Crippen molar-refractivity contribution in [3.63, 3.8) is 0 Å². The smallest absolute Gasteiger partial charge is 0.319 e. The van der Waals surface area contributed by atoms with Gasteiger partial charge in [0.2, 0.25) is 0 Å². The van der Waals surface area contributed by atoms with Gasteiger partial charge in [0.15, 0.2) is 0 Å². The minimum absolute atomic E-state index is 0.0701. The molecule has 1 atom stereocenters. The lowest BCUT2D eigenvalue weighted by Gasteiger charge is -2.14. The van der Waals surface area contributed by atoms with Gasteiger partial charge < -0.3 is 15.6 Å². The maximum Gasteiger partial charge on any atom is 0.319 e. The first-order chi connectivity index (χ1) is 11.1. The van der Waals surface area contributed by atoms with E-state index < -0.39 is 0 Å². The highest BCUT2D eigenvalue weighted by atomic mass is 16.2. The van der Waals surface area contributed by atoms with Crippen LogP contribution < -0.4 is 10.6 Å². The van der Waals surface area contributed by atoms with Gasteiger partial charge >= 0.3 is 6.03 Å². The van der Waals surface area contributed by atoms with Crippen molar-refractivity contribution >= 4 is 22.8 Å². The molecule has 0 aliphatic heterocycles. The molecule has 0 bridgehead atoms. The number of aromatic nitrogens is 5. The molecule has 0 radical (unpaired) electrons. The lowest BCUT2D eigenvalue weighted by molar-refractivity contribution is 0.247. The summed E-state index contributed by atoms with van der Waals surface area (Å²) in [6.07, 6.45) is 3.93. The Hall–Kier alpha value is -2.90. The molecule has 0 aliphatic carbocycles. The Morgan fingerprint density at radius 2 is 2.30 bits per heavy atom. The Morgan fingerprint density at radius 1 is 1.43 bits per heavy atom. The van der Waals surface area contributed by atoms with E-state index in [-0.39, 0.29) is 12.1 Å². The van der Waals surface area contributed by atoms with Crippen LogP contribution in [0.2, 0.25) is 0 Å². The van der Waals surface area contributed by atoms with Crippen molar-refractivity contribution in [2.75, 3.05) is 5.32 Å². The van der Waals surface area contributed by atoms with Crippen molar-refractivity contribution in [1.29, 1.82) is 0 Å². The fourth-order valence-electron chi connectivity index (χ4n) is 2.35. The SMILES string of the molecule is CCc1nc2ccc(NC(=O)N[C@@H](C)Cn3cncn3)cc2[nH]1. The monoisotopic (exact) mass is 313 g/mol. The third-order valence-electron chi connectivity index (χ3n) is 3.43. The van der Waals surface area contributed by atoms with Gasteiger partial charge in [0.05, 0.1) is 17.6 Å². The zero-order valence-electron chi connectivity index (χ0n) is 13.1. The average Bonchev–Trinajstić information content (AvgIpc) is 3.15. The van der Waals surface area contributed by atoms with E-state index in [0.29, 0.717) is 12.2 Å². The van der Waals surface area contributed by atoms with E-state index in [4.69, 9.17) is 0 Å². The van der Waals surface area contributed by atoms with E-state index in [0.717, 1.165) is 23.3 Å². The van der Waals surface area contributed by atoms with E-state index in [1.54, 1.807) is 11.0 Å². The maximum atomic E-state index is 12.1. The quantitative estimate of drug-likeness (QED) is 0.670. The van der Waals surface area contributed by atoms with Crippen molar-refractivity contribution in [1.82, 2.24) is 30.0 Å². The number of H-pyrrole nitrogens is 1. The number of nitrogens with one attached hydrogen (secondary N) is 3. The van der Waals surface area contributed by atoms with Crippen LogP contribution >= 0.6 is 0 Å². The lowest BCUT2D eigenvalue weighted by Crippen LogP contribution is -2.38. The van der Waals surface area contributed by atoms with Crippen LogP contribution in [-0.4, -0.2) is 36.8 Å². The summed E-state index contributed by atoms with van der Waals surface area (Å²) in [5.41, 5.74) is 2.52. The summed E-state index contributed by atoms with van der Waals surface area (Å²) in [6.45, 7) is 4.51. The minimum Gasteiger partial charge on any atom is -0.342 e. The summed E-state index contributed by atoms with van der Waals surface area (Å²) in [7, 11) is 0. The molecular weight excluding hydrogens is 294 g/mol. The Balaban J connectivity index is 1.60. The zero-order chi connectivity index (χ0) is 16.2. The number of anilines is 1. The van der Waals surface area contributed by atoms with Gasteiger partial charge in [0.25, 0.3) is 0 Å². The normalized spacial score (nSPS) is 12.3. The Labute approximate surface area is 133 Å². The van der Waals surface area contributed by atoms with Crippen LogP contribution in [0.3, 0.4) is 0 Å². The molecule has 0 spiro atoms. The number of imidazole rings is 1. The van der Waals surface area contributed by atoms with Gasteiger partial charge in [-0.2, -0.15) is 5.10 Å². The number of benzene rings is 1. The third-order valence-corrected chi connectivity index (χ3v) is 3.43. The number of hydrogen-bond acceptors (Lipinski definition) is 4. The first-order valence-electron chi connectivity index (χ1n) is 7.52. The Bertz CT molecular complexity index is 793.